The van der Waals surface area contributed by atoms with Crippen LogP contribution in [0.15, 0.2) is 54.7 Å². The van der Waals surface area contributed by atoms with Crippen LogP contribution in [0, 0.1) is 11.8 Å². The lowest BCUT2D eigenvalue weighted by Gasteiger charge is -2.16. The third-order valence-corrected chi connectivity index (χ3v) is 6.84. The predicted molar refractivity (Wildman–Crippen MR) is 128 cm³/mol. The van der Waals surface area contributed by atoms with E-state index in [0.717, 1.165) is 22.3 Å². The summed E-state index contributed by atoms with van der Waals surface area (Å²) in [5.74, 6) is -2.07. The van der Waals surface area contributed by atoms with Crippen molar-refractivity contribution < 1.29 is 24.2 Å². The highest BCUT2D eigenvalue weighted by molar-refractivity contribution is 6.01. The fourth-order valence-corrected chi connectivity index (χ4v) is 5.09. The monoisotopic (exact) mass is 474 g/mol. The molecule has 9 heteroatoms. The molecule has 0 radical (unpaired) electrons. The van der Waals surface area contributed by atoms with E-state index in [9.17, 15) is 19.5 Å². The summed E-state index contributed by atoms with van der Waals surface area (Å²) in [5.41, 5.74) is 4.67. The van der Waals surface area contributed by atoms with E-state index in [4.69, 9.17) is 4.74 Å². The molecule has 2 aromatic carbocycles. The number of hydrogen-bond donors (Lipinski definition) is 2. The topological polar surface area (TPSA) is 114 Å². The second kappa shape index (κ2) is 8.90. The van der Waals surface area contributed by atoms with E-state index in [-0.39, 0.29) is 42.3 Å². The van der Waals surface area contributed by atoms with Crippen molar-refractivity contribution in [1.82, 2.24) is 14.7 Å². The first-order valence-corrected chi connectivity index (χ1v) is 11.5. The second-order valence-electron chi connectivity index (χ2n) is 9.15. The number of carboxylic acid groups (broad SMARTS) is 1. The third kappa shape index (κ3) is 4.14. The zero-order valence-corrected chi connectivity index (χ0v) is 19.5. The number of ether oxygens (including phenoxy) is 1. The molecule has 3 aromatic rings. The van der Waals surface area contributed by atoms with Gasteiger partial charge in [0.1, 0.15) is 12.2 Å². The van der Waals surface area contributed by atoms with E-state index in [2.05, 4.69) is 22.5 Å². The summed E-state index contributed by atoms with van der Waals surface area (Å²) in [7, 11) is 1.65. The largest absolute Gasteiger partial charge is 0.481 e. The van der Waals surface area contributed by atoms with E-state index < -0.39 is 18.0 Å². The fourth-order valence-electron chi connectivity index (χ4n) is 5.09. The fraction of sp³-hybridized carbons (Fsp3) is 0.308. The Morgan fingerprint density at radius 3 is 2.29 bits per heavy atom. The van der Waals surface area contributed by atoms with Crippen molar-refractivity contribution >= 4 is 23.8 Å². The molecule has 2 atom stereocenters. The number of aromatic nitrogens is 2. The number of carboxylic acids is 1. The van der Waals surface area contributed by atoms with Crippen molar-refractivity contribution in [1.29, 1.82) is 0 Å². The molecule has 2 amide bonds. The van der Waals surface area contributed by atoms with Gasteiger partial charge in [-0.1, -0.05) is 55.5 Å². The number of aliphatic carboxylic acids is 1. The summed E-state index contributed by atoms with van der Waals surface area (Å²) in [5, 5.41) is 16.2. The first-order chi connectivity index (χ1) is 16.8. The quantitative estimate of drug-likeness (QED) is 0.584. The highest BCUT2D eigenvalue weighted by Crippen LogP contribution is 2.44. The number of hydrogen-bond acceptors (Lipinski definition) is 5. The maximum atomic E-state index is 13.1. The van der Waals surface area contributed by atoms with Crippen molar-refractivity contribution in [3.8, 4) is 11.1 Å². The molecule has 1 aliphatic carbocycles. The average Bonchev–Trinajstić information content (AvgIpc) is 3.50. The van der Waals surface area contributed by atoms with Crippen molar-refractivity contribution in [3.05, 3.63) is 71.4 Å². The van der Waals surface area contributed by atoms with Crippen LogP contribution in [0.5, 0.6) is 0 Å². The Morgan fingerprint density at radius 1 is 1.06 bits per heavy atom. The number of amides is 2. The lowest BCUT2D eigenvalue weighted by molar-refractivity contribution is -0.142. The van der Waals surface area contributed by atoms with Gasteiger partial charge in [0, 0.05) is 32.3 Å². The molecule has 2 aliphatic rings. The summed E-state index contributed by atoms with van der Waals surface area (Å²) in [6, 6.07) is 16.1. The smallest absolute Gasteiger partial charge is 0.412 e. The van der Waals surface area contributed by atoms with Crippen LogP contribution in [0.4, 0.5) is 10.6 Å². The minimum Gasteiger partial charge on any atom is -0.481 e. The van der Waals surface area contributed by atoms with Gasteiger partial charge in [-0.25, -0.2) is 4.79 Å². The van der Waals surface area contributed by atoms with Crippen LogP contribution in [-0.2, 0) is 16.6 Å². The van der Waals surface area contributed by atoms with Gasteiger partial charge in [0.05, 0.1) is 5.92 Å². The van der Waals surface area contributed by atoms with E-state index >= 15 is 0 Å². The maximum Gasteiger partial charge on any atom is 0.412 e. The summed E-state index contributed by atoms with van der Waals surface area (Å²) in [6.07, 6.45) is 0.804. The van der Waals surface area contributed by atoms with Crippen molar-refractivity contribution in [3.63, 3.8) is 0 Å². The standard InChI is InChI=1S/C26H26N4O5/c1-15-11-30(13-20(15)25(32)33)24(31)21-12-29(2)28-23(21)27-26(34)35-14-22-18-9-5-3-7-16(18)17-8-4-6-10-19(17)22/h3-10,12,15,20,22H,11,13-14H2,1-2H3,(H,32,33)(H,27,28,34). The highest BCUT2D eigenvalue weighted by atomic mass is 16.5. The number of carbonyl (C=O) groups excluding carboxylic acids is 2. The Labute approximate surface area is 202 Å². The minimum absolute atomic E-state index is 0.0844. The third-order valence-electron chi connectivity index (χ3n) is 6.84. The van der Waals surface area contributed by atoms with Gasteiger partial charge < -0.3 is 14.7 Å². The number of rotatable bonds is 5. The van der Waals surface area contributed by atoms with E-state index in [1.54, 1.807) is 7.05 Å². The molecule has 2 N–H and O–H groups in total. The summed E-state index contributed by atoms with van der Waals surface area (Å²) >= 11 is 0. The number of aryl methyl sites for hydroxylation is 1. The molecular formula is C26H26N4O5. The van der Waals surface area contributed by atoms with Gasteiger partial charge in [0.2, 0.25) is 0 Å². The van der Waals surface area contributed by atoms with Gasteiger partial charge in [-0.2, -0.15) is 5.10 Å². The number of likely N-dealkylation sites (tertiary alicyclic amines) is 1. The van der Waals surface area contributed by atoms with Crippen molar-refractivity contribution in [2.75, 3.05) is 25.0 Å². The molecule has 9 nitrogen and oxygen atoms in total. The molecule has 1 aliphatic heterocycles. The summed E-state index contributed by atoms with van der Waals surface area (Å²) < 4.78 is 7.01. The predicted octanol–water partition coefficient (Wildman–Crippen LogP) is 3.57. The molecule has 1 saturated heterocycles. The highest BCUT2D eigenvalue weighted by Gasteiger charge is 2.38. The maximum absolute atomic E-state index is 13.1. The normalized spacial score (nSPS) is 18.7. The number of nitrogens with zero attached hydrogens (tertiary/aromatic N) is 3. The van der Waals surface area contributed by atoms with Crippen LogP contribution in [0.1, 0.15) is 34.3 Å². The summed E-state index contributed by atoms with van der Waals surface area (Å²) in [6.45, 7) is 2.40. The van der Waals surface area contributed by atoms with Gasteiger partial charge in [-0.15, -0.1) is 0 Å². The van der Waals surface area contributed by atoms with Crippen LogP contribution >= 0.6 is 0 Å². The minimum atomic E-state index is -0.920. The molecule has 2 heterocycles. The lowest BCUT2D eigenvalue weighted by atomic mass is 9.98. The Bertz CT molecular complexity index is 1270. The van der Waals surface area contributed by atoms with E-state index in [1.165, 1.54) is 15.8 Å². The van der Waals surface area contributed by atoms with Gasteiger partial charge in [0.15, 0.2) is 5.82 Å². The molecule has 0 bridgehead atoms. The molecule has 1 aromatic heterocycles. The first kappa shape index (κ1) is 22.6. The Morgan fingerprint density at radius 2 is 1.69 bits per heavy atom. The van der Waals surface area contributed by atoms with Crippen LogP contribution in [0.25, 0.3) is 11.1 Å². The molecule has 1 fully saturated rings. The average molecular weight is 475 g/mol. The van der Waals surface area contributed by atoms with E-state index in [0.29, 0.717) is 6.54 Å². The van der Waals surface area contributed by atoms with Crippen LogP contribution in [0.2, 0.25) is 0 Å². The lowest BCUT2D eigenvalue weighted by Crippen LogP contribution is -2.30. The van der Waals surface area contributed by atoms with Crippen LogP contribution < -0.4 is 5.32 Å². The van der Waals surface area contributed by atoms with Crippen molar-refractivity contribution in [2.24, 2.45) is 18.9 Å². The van der Waals surface area contributed by atoms with E-state index in [1.807, 2.05) is 43.3 Å². The Kier molecular flexibility index (Phi) is 5.76. The SMILES string of the molecule is CC1CN(C(=O)c2cn(C)nc2NC(=O)OCC2c3ccccc3-c3ccccc32)CC1C(=O)O. The molecule has 0 spiro atoms. The summed E-state index contributed by atoms with van der Waals surface area (Å²) in [4.78, 5) is 38.7. The number of benzene rings is 2. The molecule has 35 heavy (non-hydrogen) atoms. The number of carbonyl (C=O) groups is 3. The Balaban J connectivity index is 1.28. The molecule has 0 saturated carbocycles. The van der Waals surface area contributed by atoms with Gasteiger partial charge in [-0.05, 0) is 28.2 Å². The zero-order chi connectivity index (χ0) is 24.7. The zero-order valence-electron chi connectivity index (χ0n) is 19.5. The molecular weight excluding hydrogens is 448 g/mol. The van der Waals surface area contributed by atoms with Gasteiger partial charge in [0.25, 0.3) is 5.91 Å². The molecule has 5 rings (SSSR count). The van der Waals surface area contributed by atoms with Gasteiger partial charge in [-0.3, -0.25) is 19.6 Å². The number of anilines is 1. The first-order valence-electron chi connectivity index (χ1n) is 11.5. The van der Waals surface area contributed by atoms with Gasteiger partial charge >= 0.3 is 12.1 Å². The van der Waals surface area contributed by atoms with Crippen LogP contribution in [-0.4, -0.2) is 57.5 Å². The Hall–Kier alpha value is -4.14. The number of fused-ring (bicyclic) bond motifs is 3. The van der Waals surface area contributed by atoms with Crippen LogP contribution in [0.3, 0.4) is 0 Å². The molecule has 180 valence electrons. The molecule has 2 unspecified atom stereocenters. The number of nitrogens with one attached hydrogen (secondary N) is 1. The second-order valence-corrected chi connectivity index (χ2v) is 9.15. The van der Waals surface area contributed by atoms with Crippen molar-refractivity contribution in [2.45, 2.75) is 12.8 Å².